The molecular formula is C16H21N3. The molecule has 4 rings (SSSR count). The van der Waals surface area contributed by atoms with Gasteiger partial charge in [0.05, 0.1) is 11.7 Å². The molecule has 2 aliphatic rings. The Hall–Kier alpha value is -1.35. The molecular weight excluding hydrogens is 234 g/mol. The minimum atomic E-state index is 0.386. The molecule has 3 nitrogen and oxygen atoms in total. The molecule has 1 N–H and O–H groups in total. The summed E-state index contributed by atoms with van der Waals surface area (Å²) in [5.41, 5.74) is 3.18. The lowest BCUT2D eigenvalue weighted by Crippen LogP contribution is -2.42. The van der Waals surface area contributed by atoms with E-state index >= 15 is 0 Å². The first kappa shape index (κ1) is 11.5. The summed E-state index contributed by atoms with van der Waals surface area (Å²) in [5, 5.41) is 9.35. The standard InChI is InChI=1S/C16H21N3/c1-19-14-10-13(6-5-12(14)11-18-19)16-7-3-2-4-15(16)17-9-8-16/h5-6,10-11,15,17H,2-4,7-9H2,1H3/t15-,16-/m0/s1. The fourth-order valence-corrected chi connectivity index (χ4v) is 4.25. The molecule has 0 radical (unpaired) electrons. The molecule has 0 unspecified atom stereocenters. The van der Waals surface area contributed by atoms with E-state index in [1.54, 1.807) is 0 Å². The molecule has 2 fully saturated rings. The van der Waals surface area contributed by atoms with Gasteiger partial charge in [0.2, 0.25) is 0 Å². The number of benzene rings is 1. The molecule has 1 saturated carbocycles. The van der Waals surface area contributed by atoms with E-state index in [1.165, 1.54) is 55.1 Å². The van der Waals surface area contributed by atoms with Crippen molar-refractivity contribution < 1.29 is 0 Å². The Morgan fingerprint density at radius 3 is 3.21 bits per heavy atom. The molecule has 0 spiro atoms. The highest BCUT2D eigenvalue weighted by molar-refractivity contribution is 5.79. The number of aromatic nitrogens is 2. The van der Waals surface area contributed by atoms with Gasteiger partial charge in [-0.3, -0.25) is 4.68 Å². The van der Waals surface area contributed by atoms with Crippen molar-refractivity contribution in [1.82, 2.24) is 15.1 Å². The predicted molar refractivity (Wildman–Crippen MR) is 77.3 cm³/mol. The third-order valence-electron chi connectivity index (χ3n) is 5.32. The Labute approximate surface area is 114 Å². The third kappa shape index (κ3) is 1.57. The normalized spacial score (nSPS) is 30.7. The van der Waals surface area contributed by atoms with E-state index in [1.807, 2.05) is 17.9 Å². The Kier molecular flexibility index (Phi) is 2.46. The first-order chi connectivity index (χ1) is 9.29. The molecule has 1 aromatic carbocycles. The highest BCUT2D eigenvalue weighted by Crippen LogP contribution is 2.45. The van der Waals surface area contributed by atoms with Crippen molar-refractivity contribution in [3.8, 4) is 0 Å². The molecule has 19 heavy (non-hydrogen) atoms. The highest BCUT2D eigenvalue weighted by atomic mass is 15.2. The number of hydrogen-bond donors (Lipinski definition) is 1. The monoisotopic (exact) mass is 255 g/mol. The SMILES string of the molecule is Cn1ncc2ccc([C@@]34CCCC[C@@H]3NCC4)cc21. The zero-order valence-electron chi connectivity index (χ0n) is 11.5. The summed E-state index contributed by atoms with van der Waals surface area (Å²) in [6.45, 7) is 1.17. The van der Waals surface area contributed by atoms with E-state index in [0.717, 1.165) is 0 Å². The van der Waals surface area contributed by atoms with Crippen LogP contribution in [0.4, 0.5) is 0 Å². The number of fused-ring (bicyclic) bond motifs is 2. The van der Waals surface area contributed by atoms with Crippen LogP contribution in [0.3, 0.4) is 0 Å². The van der Waals surface area contributed by atoms with Crippen LogP contribution in [0.25, 0.3) is 10.9 Å². The maximum atomic E-state index is 4.37. The smallest absolute Gasteiger partial charge is 0.0682 e. The van der Waals surface area contributed by atoms with Gasteiger partial charge in [0.15, 0.2) is 0 Å². The lowest BCUT2D eigenvalue weighted by atomic mass is 9.66. The van der Waals surface area contributed by atoms with Crippen LogP contribution in [0.1, 0.15) is 37.7 Å². The van der Waals surface area contributed by atoms with Gasteiger partial charge in [0.1, 0.15) is 0 Å². The summed E-state index contributed by atoms with van der Waals surface area (Å²) in [6, 6.07) is 7.66. The molecule has 2 aromatic rings. The average molecular weight is 255 g/mol. The molecule has 1 aromatic heterocycles. The van der Waals surface area contributed by atoms with Gasteiger partial charge >= 0.3 is 0 Å². The zero-order chi connectivity index (χ0) is 12.9. The van der Waals surface area contributed by atoms with Gasteiger partial charge in [0.25, 0.3) is 0 Å². The van der Waals surface area contributed by atoms with Gasteiger partial charge in [-0.2, -0.15) is 5.10 Å². The van der Waals surface area contributed by atoms with E-state index in [4.69, 9.17) is 0 Å². The quantitative estimate of drug-likeness (QED) is 0.849. The minimum Gasteiger partial charge on any atom is -0.313 e. The van der Waals surface area contributed by atoms with Crippen LogP contribution in [0.15, 0.2) is 24.4 Å². The maximum Gasteiger partial charge on any atom is 0.0682 e. The van der Waals surface area contributed by atoms with Gasteiger partial charge in [0, 0.05) is 23.9 Å². The number of aryl methyl sites for hydroxylation is 1. The summed E-state index contributed by atoms with van der Waals surface area (Å²) < 4.78 is 2.00. The van der Waals surface area contributed by atoms with E-state index in [2.05, 4.69) is 28.6 Å². The van der Waals surface area contributed by atoms with Crippen LogP contribution in [-0.4, -0.2) is 22.4 Å². The van der Waals surface area contributed by atoms with Gasteiger partial charge in [-0.15, -0.1) is 0 Å². The summed E-state index contributed by atoms with van der Waals surface area (Å²) in [6.07, 6.45) is 8.69. The van der Waals surface area contributed by atoms with Crippen LogP contribution < -0.4 is 5.32 Å². The highest BCUT2D eigenvalue weighted by Gasteiger charge is 2.45. The number of nitrogens with zero attached hydrogens (tertiary/aromatic N) is 2. The predicted octanol–water partition coefficient (Wildman–Crippen LogP) is 2.75. The zero-order valence-corrected chi connectivity index (χ0v) is 11.5. The molecule has 2 heterocycles. The summed E-state index contributed by atoms with van der Waals surface area (Å²) in [7, 11) is 2.04. The molecule has 2 atom stereocenters. The average Bonchev–Trinajstić information content (AvgIpc) is 3.03. The van der Waals surface area contributed by atoms with Crippen LogP contribution in [-0.2, 0) is 12.5 Å². The van der Waals surface area contributed by atoms with Crippen LogP contribution in [0.2, 0.25) is 0 Å². The molecule has 0 amide bonds. The second-order valence-corrected chi connectivity index (χ2v) is 6.20. The second kappa shape index (κ2) is 4.07. The minimum absolute atomic E-state index is 0.386. The first-order valence-corrected chi connectivity index (χ1v) is 7.45. The number of rotatable bonds is 1. The topological polar surface area (TPSA) is 29.9 Å². The van der Waals surface area contributed by atoms with Crippen molar-refractivity contribution in [2.75, 3.05) is 6.54 Å². The van der Waals surface area contributed by atoms with Gasteiger partial charge in [-0.25, -0.2) is 0 Å². The second-order valence-electron chi connectivity index (χ2n) is 6.20. The molecule has 3 heteroatoms. The molecule has 1 aliphatic carbocycles. The van der Waals surface area contributed by atoms with E-state index in [0.29, 0.717) is 11.5 Å². The van der Waals surface area contributed by atoms with Gasteiger partial charge in [-0.1, -0.05) is 25.0 Å². The van der Waals surface area contributed by atoms with Crippen molar-refractivity contribution in [2.45, 2.75) is 43.6 Å². The lowest BCUT2D eigenvalue weighted by molar-refractivity contribution is 0.267. The van der Waals surface area contributed by atoms with Crippen molar-refractivity contribution in [3.05, 3.63) is 30.0 Å². The van der Waals surface area contributed by atoms with Crippen molar-refractivity contribution in [3.63, 3.8) is 0 Å². The largest absolute Gasteiger partial charge is 0.313 e. The maximum absolute atomic E-state index is 4.37. The summed E-state index contributed by atoms with van der Waals surface area (Å²) >= 11 is 0. The Balaban J connectivity index is 1.85. The molecule has 1 aliphatic heterocycles. The Morgan fingerprint density at radius 1 is 1.32 bits per heavy atom. The van der Waals surface area contributed by atoms with Crippen LogP contribution in [0.5, 0.6) is 0 Å². The van der Waals surface area contributed by atoms with Crippen molar-refractivity contribution in [2.24, 2.45) is 7.05 Å². The first-order valence-electron chi connectivity index (χ1n) is 7.45. The fourth-order valence-electron chi connectivity index (χ4n) is 4.25. The molecule has 1 saturated heterocycles. The Bertz CT molecular complexity index is 615. The van der Waals surface area contributed by atoms with Crippen molar-refractivity contribution >= 4 is 10.9 Å². The van der Waals surface area contributed by atoms with E-state index in [-0.39, 0.29) is 0 Å². The number of nitrogens with one attached hydrogen (secondary N) is 1. The molecule has 100 valence electrons. The van der Waals surface area contributed by atoms with E-state index in [9.17, 15) is 0 Å². The summed E-state index contributed by atoms with van der Waals surface area (Å²) in [5.74, 6) is 0. The van der Waals surface area contributed by atoms with Crippen molar-refractivity contribution in [1.29, 1.82) is 0 Å². The van der Waals surface area contributed by atoms with Gasteiger partial charge in [-0.05, 0) is 37.4 Å². The van der Waals surface area contributed by atoms with Crippen LogP contribution >= 0.6 is 0 Å². The van der Waals surface area contributed by atoms with Crippen LogP contribution in [0, 0.1) is 0 Å². The lowest BCUT2D eigenvalue weighted by Gasteiger charge is -2.39. The Morgan fingerprint density at radius 2 is 2.26 bits per heavy atom. The van der Waals surface area contributed by atoms with Gasteiger partial charge < -0.3 is 5.32 Å². The summed E-state index contributed by atoms with van der Waals surface area (Å²) in [4.78, 5) is 0. The fraction of sp³-hybridized carbons (Fsp3) is 0.562. The third-order valence-corrected chi connectivity index (χ3v) is 5.32. The van der Waals surface area contributed by atoms with E-state index < -0.39 is 0 Å². The molecule has 0 bridgehead atoms. The number of hydrogen-bond acceptors (Lipinski definition) is 2.